The van der Waals surface area contributed by atoms with Crippen LogP contribution in [0.15, 0.2) is 40.7 Å². The maximum absolute atomic E-state index is 12.2. The second-order valence-corrected chi connectivity index (χ2v) is 4.85. The number of nitrogens with zero attached hydrogens (tertiary/aromatic N) is 3. The Morgan fingerprint density at radius 3 is 3.11 bits per heavy atom. The topological polar surface area (TPSA) is 35.9 Å². The predicted octanol–water partition coefficient (Wildman–Crippen LogP) is 1.68. The highest BCUT2D eigenvalue weighted by Gasteiger charge is 2.51. The van der Waals surface area contributed by atoms with Gasteiger partial charge in [-0.15, -0.1) is 0 Å². The van der Waals surface area contributed by atoms with Crippen LogP contribution in [0.25, 0.3) is 0 Å². The molecule has 0 aromatic carbocycles. The van der Waals surface area contributed by atoms with Gasteiger partial charge >= 0.3 is 0 Å². The number of carbonyl (C=O) groups is 1. The largest absolute Gasteiger partial charge is 0.311 e. The molecule has 4 nitrogen and oxygen atoms in total. The van der Waals surface area contributed by atoms with Crippen LogP contribution < -0.4 is 0 Å². The van der Waals surface area contributed by atoms with Gasteiger partial charge in [-0.3, -0.25) is 9.79 Å². The Labute approximate surface area is 107 Å². The minimum absolute atomic E-state index is 0.200. The first-order valence-electron chi connectivity index (χ1n) is 6.38. The lowest BCUT2D eigenvalue weighted by Crippen LogP contribution is -2.52. The van der Waals surface area contributed by atoms with E-state index >= 15 is 0 Å². The number of Topliss-reactive ketones (excluding diaryl/α,β-unsaturated/α-hetero) is 1. The molecule has 18 heavy (non-hydrogen) atoms. The molecule has 1 atom stereocenters. The van der Waals surface area contributed by atoms with E-state index in [0.717, 1.165) is 24.2 Å². The third kappa shape index (κ3) is 1.29. The highest BCUT2D eigenvalue weighted by molar-refractivity contribution is 6.02. The molecule has 3 rings (SSSR count). The maximum atomic E-state index is 12.2. The van der Waals surface area contributed by atoms with Gasteiger partial charge < -0.3 is 5.01 Å². The fraction of sp³-hybridized carbons (Fsp3) is 0.429. The molecule has 94 valence electrons. The Morgan fingerprint density at radius 2 is 2.33 bits per heavy atom. The Bertz CT molecular complexity index is 515. The summed E-state index contributed by atoms with van der Waals surface area (Å²) in [4.78, 5) is 16.6. The summed E-state index contributed by atoms with van der Waals surface area (Å²) in [7, 11) is 2.02. The fourth-order valence-electron chi connectivity index (χ4n) is 2.94. The normalized spacial score (nSPS) is 30.1. The molecule has 0 bridgehead atoms. The summed E-state index contributed by atoms with van der Waals surface area (Å²) >= 11 is 0. The van der Waals surface area contributed by atoms with Crippen molar-refractivity contribution < 1.29 is 4.79 Å². The average molecular weight is 243 g/mol. The Morgan fingerprint density at radius 1 is 1.50 bits per heavy atom. The zero-order valence-electron chi connectivity index (χ0n) is 10.8. The second-order valence-electron chi connectivity index (χ2n) is 4.85. The molecular formula is C14H17N3O. The van der Waals surface area contributed by atoms with Crippen LogP contribution in [0.5, 0.6) is 0 Å². The number of hydrogen-bond donors (Lipinski definition) is 0. The first kappa shape index (κ1) is 11.4. The zero-order valence-corrected chi connectivity index (χ0v) is 10.8. The third-order valence-electron chi connectivity index (χ3n) is 3.85. The van der Waals surface area contributed by atoms with E-state index < -0.39 is 5.54 Å². The van der Waals surface area contributed by atoms with E-state index in [4.69, 9.17) is 0 Å². The van der Waals surface area contributed by atoms with Gasteiger partial charge in [-0.25, -0.2) is 5.01 Å². The lowest BCUT2D eigenvalue weighted by molar-refractivity contribution is -0.116. The van der Waals surface area contributed by atoms with E-state index in [1.165, 1.54) is 0 Å². The number of hydrogen-bond acceptors (Lipinski definition) is 4. The van der Waals surface area contributed by atoms with E-state index in [1.54, 1.807) is 6.21 Å². The molecule has 4 heteroatoms. The minimum atomic E-state index is -0.459. The number of likely N-dealkylation sites (N-methyl/N-ethyl adjacent to an activating group) is 1. The first-order chi connectivity index (χ1) is 8.70. The quantitative estimate of drug-likeness (QED) is 0.740. The molecule has 0 amide bonds. The van der Waals surface area contributed by atoms with E-state index in [0.29, 0.717) is 6.42 Å². The molecule has 2 heterocycles. The van der Waals surface area contributed by atoms with Crippen LogP contribution in [0.3, 0.4) is 0 Å². The van der Waals surface area contributed by atoms with Gasteiger partial charge in [-0.05, 0) is 12.5 Å². The van der Waals surface area contributed by atoms with Gasteiger partial charge in [0.15, 0.2) is 5.78 Å². The molecule has 0 aromatic rings. The lowest BCUT2D eigenvalue weighted by atomic mass is 9.78. The zero-order chi connectivity index (χ0) is 12.8. The van der Waals surface area contributed by atoms with Gasteiger partial charge in [-0.2, -0.15) is 0 Å². The Kier molecular flexibility index (Phi) is 2.48. The van der Waals surface area contributed by atoms with E-state index in [1.807, 2.05) is 25.4 Å². The minimum Gasteiger partial charge on any atom is -0.311 e. The van der Waals surface area contributed by atoms with Crippen molar-refractivity contribution in [3.63, 3.8) is 0 Å². The molecule has 0 aromatic heterocycles. The Hall–Kier alpha value is -1.68. The number of carbonyl (C=O) groups excluding carboxylic acids is 1. The summed E-state index contributed by atoms with van der Waals surface area (Å²) < 4.78 is 0. The number of dihydropyridines is 1. The highest BCUT2D eigenvalue weighted by atomic mass is 16.1. The smallest absolute Gasteiger partial charge is 0.166 e. The van der Waals surface area contributed by atoms with Crippen molar-refractivity contribution in [3.05, 3.63) is 35.7 Å². The summed E-state index contributed by atoms with van der Waals surface area (Å²) in [5.41, 5.74) is 1.36. The molecule has 0 saturated carbocycles. The van der Waals surface area contributed by atoms with Gasteiger partial charge in [-0.1, -0.05) is 19.1 Å². The van der Waals surface area contributed by atoms with Crippen LogP contribution in [-0.4, -0.2) is 41.1 Å². The SMILES string of the molecule is CCCN1C=C2C(=O)CC=C3N=CC=CC32N1C. The number of rotatable bonds is 2. The van der Waals surface area contributed by atoms with E-state index in [2.05, 4.69) is 28.0 Å². The Balaban J connectivity index is 2.12. The average Bonchev–Trinajstić information content (AvgIpc) is 2.66. The van der Waals surface area contributed by atoms with Crippen molar-refractivity contribution in [1.82, 2.24) is 10.0 Å². The molecule has 2 aliphatic heterocycles. The standard InChI is InChI=1S/C14H17N3O/c1-3-9-17-10-11-12(18)5-6-13-14(11,16(17)2)7-4-8-15-13/h4,6-8,10H,3,5,9H2,1-2H3. The van der Waals surface area contributed by atoms with E-state index in [-0.39, 0.29) is 5.78 Å². The molecule has 3 aliphatic rings. The van der Waals surface area contributed by atoms with Crippen molar-refractivity contribution in [2.24, 2.45) is 4.99 Å². The molecule has 1 spiro atoms. The van der Waals surface area contributed by atoms with Crippen molar-refractivity contribution in [2.45, 2.75) is 25.3 Å². The highest BCUT2D eigenvalue weighted by Crippen LogP contribution is 2.44. The molecule has 0 fully saturated rings. The van der Waals surface area contributed by atoms with Crippen LogP contribution in [0.4, 0.5) is 0 Å². The maximum Gasteiger partial charge on any atom is 0.166 e. The van der Waals surface area contributed by atoms with Crippen molar-refractivity contribution in [1.29, 1.82) is 0 Å². The van der Waals surface area contributed by atoms with Crippen molar-refractivity contribution in [3.8, 4) is 0 Å². The number of aliphatic imine (C=N–C) groups is 1. The van der Waals surface area contributed by atoms with Gasteiger partial charge in [0.2, 0.25) is 0 Å². The van der Waals surface area contributed by atoms with Crippen LogP contribution in [0.2, 0.25) is 0 Å². The summed E-state index contributed by atoms with van der Waals surface area (Å²) in [5, 5.41) is 4.25. The molecule has 1 aliphatic carbocycles. The molecule has 1 unspecified atom stereocenters. The molecule has 0 N–H and O–H groups in total. The first-order valence-corrected chi connectivity index (χ1v) is 6.38. The van der Waals surface area contributed by atoms with E-state index in [9.17, 15) is 4.79 Å². The third-order valence-corrected chi connectivity index (χ3v) is 3.85. The number of hydrazine groups is 1. The van der Waals surface area contributed by atoms with Crippen LogP contribution in [0, 0.1) is 0 Å². The monoisotopic (exact) mass is 243 g/mol. The van der Waals surface area contributed by atoms with Crippen molar-refractivity contribution >= 4 is 12.0 Å². The summed E-state index contributed by atoms with van der Waals surface area (Å²) in [6, 6.07) is 0. The number of allylic oxidation sites excluding steroid dienone is 2. The lowest BCUT2D eigenvalue weighted by Gasteiger charge is -2.41. The van der Waals surface area contributed by atoms with Crippen LogP contribution >= 0.6 is 0 Å². The fourth-order valence-corrected chi connectivity index (χ4v) is 2.94. The van der Waals surface area contributed by atoms with Crippen LogP contribution in [0.1, 0.15) is 19.8 Å². The second kappa shape index (κ2) is 3.92. The van der Waals surface area contributed by atoms with Crippen molar-refractivity contribution in [2.75, 3.05) is 13.6 Å². The number of ketones is 1. The van der Waals surface area contributed by atoms with Gasteiger partial charge in [0.25, 0.3) is 0 Å². The molecule has 0 saturated heterocycles. The van der Waals surface area contributed by atoms with Gasteiger partial charge in [0, 0.05) is 38.0 Å². The summed E-state index contributed by atoms with van der Waals surface area (Å²) in [6.45, 7) is 3.05. The van der Waals surface area contributed by atoms with Gasteiger partial charge in [0.1, 0.15) is 5.54 Å². The molecule has 0 radical (unpaired) electrons. The molecular weight excluding hydrogens is 226 g/mol. The van der Waals surface area contributed by atoms with Crippen LogP contribution in [-0.2, 0) is 4.79 Å². The summed E-state index contributed by atoms with van der Waals surface area (Å²) in [6.07, 6.45) is 11.2. The predicted molar refractivity (Wildman–Crippen MR) is 70.9 cm³/mol. The summed E-state index contributed by atoms with van der Waals surface area (Å²) in [5.74, 6) is 0.200. The van der Waals surface area contributed by atoms with Gasteiger partial charge in [0.05, 0.1) is 5.70 Å².